The maximum Gasteiger partial charge on any atom is 0.234 e. The minimum absolute atomic E-state index is 0.185. The van der Waals surface area contributed by atoms with Crippen molar-refractivity contribution in [1.82, 2.24) is 19.7 Å². The number of hydrogen-bond acceptors (Lipinski definition) is 6. The third-order valence-corrected chi connectivity index (χ3v) is 5.64. The topological polar surface area (TPSA) is 82.4 Å². The summed E-state index contributed by atoms with van der Waals surface area (Å²) in [5.74, 6) is 1.40. The van der Waals surface area contributed by atoms with Crippen LogP contribution in [0.4, 0.5) is 5.95 Å². The number of carbonyl (C=O) groups excluding carboxylic acids is 1. The molecule has 4 rings (SSSR count). The molecule has 8 nitrogen and oxygen atoms in total. The summed E-state index contributed by atoms with van der Waals surface area (Å²) in [6.45, 7) is 2.29. The SMILES string of the molecule is COc1ccc(CN(C(C)=O)c2ncc3c(Br)nn(Cc4ccccc4)c3n2)c(OC)c1. The largest absolute Gasteiger partial charge is 0.497 e. The lowest BCUT2D eigenvalue weighted by Gasteiger charge is -2.20. The van der Waals surface area contributed by atoms with Gasteiger partial charge in [0.05, 0.1) is 32.7 Å². The van der Waals surface area contributed by atoms with Gasteiger partial charge in [-0.15, -0.1) is 0 Å². The van der Waals surface area contributed by atoms with E-state index in [0.29, 0.717) is 34.2 Å². The molecule has 0 unspecified atom stereocenters. The molecule has 2 aromatic heterocycles. The van der Waals surface area contributed by atoms with Crippen LogP contribution in [-0.2, 0) is 17.9 Å². The highest BCUT2D eigenvalue weighted by Crippen LogP contribution is 2.28. The molecule has 0 aliphatic rings. The Labute approximate surface area is 193 Å². The average molecular weight is 496 g/mol. The molecule has 0 bridgehead atoms. The summed E-state index contributed by atoms with van der Waals surface area (Å²) in [5, 5.41) is 5.33. The molecule has 1 amide bonds. The summed E-state index contributed by atoms with van der Waals surface area (Å²) in [6, 6.07) is 15.5. The van der Waals surface area contributed by atoms with Gasteiger partial charge in [0, 0.05) is 24.8 Å². The van der Waals surface area contributed by atoms with Crippen LogP contribution in [0.1, 0.15) is 18.1 Å². The summed E-state index contributed by atoms with van der Waals surface area (Å²) in [4.78, 5) is 23.2. The minimum Gasteiger partial charge on any atom is -0.497 e. The Bertz CT molecular complexity index is 1260. The van der Waals surface area contributed by atoms with E-state index in [1.54, 1.807) is 31.2 Å². The molecule has 2 aromatic carbocycles. The zero-order valence-electron chi connectivity index (χ0n) is 17.9. The van der Waals surface area contributed by atoms with Crippen molar-refractivity contribution in [3.63, 3.8) is 0 Å². The summed E-state index contributed by atoms with van der Waals surface area (Å²) < 4.78 is 13.2. The zero-order chi connectivity index (χ0) is 22.7. The molecular formula is C23H22BrN5O3. The average Bonchev–Trinajstić information content (AvgIpc) is 3.12. The fourth-order valence-corrected chi connectivity index (χ4v) is 3.86. The normalized spacial score (nSPS) is 10.9. The van der Waals surface area contributed by atoms with Gasteiger partial charge in [-0.3, -0.25) is 9.69 Å². The van der Waals surface area contributed by atoms with E-state index in [1.807, 2.05) is 42.5 Å². The number of amides is 1. The molecule has 0 radical (unpaired) electrons. The molecule has 0 aliphatic heterocycles. The summed E-state index contributed by atoms with van der Waals surface area (Å²) in [6.07, 6.45) is 1.68. The van der Waals surface area contributed by atoms with E-state index < -0.39 is 0 Å². The van der Waals surface area contributed by atoms with Gasteiger partial charge in [-0.1, -0.05) is 30.3 Å². The number of aromatic nitrogens is 4. The van der Waals surface area contributed by atoms with Gasteiger partial charge in [-0.2, -0.15) is 10.1 Å². The van der Waals surface area contributed by atoms with Crippen LogP contribution < -0.4 is 14.4 Å². The maximum atomic E-state index is 12.5. The number of benzene rings is 2. The highest BCUT2D eigenvalue weighted by Gasteiger charge is 2.20. The molecule has 2 heterocycles. The Hall–Kier alpha value is -3.46. The van der Waals surface area contributed by atoms with Gasteiger partial charge in [0.15, 0.2) is 5.65 Å². The molecule has 32 heavy (non-hydrogen) atoms. The lowest BCUT2D eigenvalue weighted by atomic mass is 10.1. The van der Waals surface area contributed by atoms with Gasteiger partial charge >= 0.3 is 0 Å². The second kappa shape index (κ2) is 9.35. The van der Waals surface area contributed by atoms with E-state index in [1.165, 1.54) is 11.8 Å². The number of halogens is 1. The molecule has 164 valence electrons. The van der Waals surface area contributed by atoms with Crippen LogP contribution in [0, 0.1) is 0 Å². The van der Waals surface area contributed by atoms with Crippen molar-refractivity contribution in [3.8, 4) is 11.5 Å². The number of ether oxygens (including phenoxy) is 2. The van der Waals surface area contributed by atoms with Crippen molar-refractivity contribution < 1.29 is 14.3 Å². The van der Waals surface area contributed by atoms with Crippen molar-refractivity contribution >= 4 is 38.8 Å². The van der Waals surface area contributed by atoms with E-state index in [9.17, 15) is 4.79 Å². The Morgan fingerprint density at radius 3 is 2.59 bits per heavy atom. The van der Waals surface area contributed by atoms with Crippen molar-refractivity contribution in [2.45, 2.75) is 20.0 Å². The Balaban J connectivity index is 1.71. The second-order valence-corrected chi connectivity index (χ2v) is 7.88. The Kier molecular flexibility index (Phi) is 6.36. The second-order valence-electron chi connectivity index (χ2n) is 7.12. The predicted octanol–water partition coefficient (Wildman–Crippen LogP) is 4.21. The van der Waals surface area contributed by atoms with Crippen molar-refractivity contribution in [2.24, 2.45) is 0 Å². The molecule has 0 N–H and O–H groups in total. The monoisotopic (exact) mass is 495 g/mol. The van der Waals surface area contributed by atoms with Crippen LogP contribution in [-0.4, -0.2) is 39.9 Å². The molecular weight excluding hydrogens is 474 g/mol. The zero-order valence-corrected chi connectivity index (χ0v) is 19.5. The number of anilines is 1. The molecule has 0 saturated heterocycles. The van der Waals surface area contributed by atoms with Gasteiger partial charge in [0.2, 0.25) is 11.9 Å². The molecule has 0 fully saturated rings. The first-order valence-corrected chi connectivity index (χ1v) is 10.7. The van der Waals surface area contributed by atoms with Crippen LogP contribution in [0.15, 0.2) is 59.3 Å². The van der Waals surface area contributed by atoms with E-state index >= 15 is 0 Å². The van der Waals surface area contributed by atoms with Crippen molar-refractivity contribution in [3.05, 3.63) is 70.5 Å². The van der Waals surface area contributed by atoms with Crippen LogP contribution in [0.5, 0.6) is 11.5 Å². The Morgan fingerprint density at radius 1 is 1.12 bits per heavy atom. The van der Waals surface area contributed by atoms with E-state index in [-0.39, 0.29) is 12.5 Å². The van der Waals surface area contributed by atoms with Crippen LogP contribution in [0.25, 0.3) is 11.0 Å². The van der Waals surface area contributed by atoms with Gasteiger partial charge in [-0.05, 0) is 33.6 Å². The number of methoxy groups -OCH3 is 2. The molecule has 0 spiro atoms. The molecule has 0 saturated carbocycles. The number of carbonyl (C=O) groups is 1. The first kappa shape index (κ1) is 21.8. The molecule has 9 heteroatoms. The third-order valence-electron chi connectivity index (χ3n) is 5.05. The highest BCUT2D eigenvalue weighted by atomic mass is 79.9. The van der Waals surface area contributed by atoms with Gasteiger partial charge < -0.3 is 9.47 Å². The van der Waals surface area contributed by atoms with Crippen molar-refractivity contribution in [1.29, 1.82) is 0 Å². The van der Waals surface area contributed by atoms with Gasteiger partial charge in [-0.25, -0.2) is 9.67 Å². The first-order chi connectivity index (χ1) is 15.5. The number of rotatable bonds is 7. The van der Waals surface area contributed by atoms with Crippen LogP contribution >= 0.6 is 15.9 Å². The van der Waals surface area contributed by atoms with Crippen LogP contribution in [0.3, 0.4) is 0 Å². The molecule has 0 atom stereocenters. The fourth-order valence-electron chi connectivity index (χ4n) is 3.39. The molecule has 0 aliphatic carbocycles. The van der Waals surface area contributed by atoms with Gasteiger partial charge in [0.25, 0.3) is 0 Å². The highest BCUT2D eigenvalue weighted by molar-refractivity contribution is 9.10. The summed E-state index contributed by atoms with van der Waals surface area (Å²) in [7, 11) is 3.18. The fraction of sp³-hybridized carbons (Fsp3) is 0.217. The van der Waals surface area contributed by atoms with Crippen molar-refractivity contribution in [2.75, 3.05) is 19.1 Å². The lowest BCUT2D eigenvalue weighted by Crippen LogP contribution is -2.30. The smallest absolute Gasteiger partial charge is 0.234 e. The standard InChI is InChI=1S/C23H22BrN5O3/c1-15(30)28(14-17-9-10-18(31-2)11-20(17)32-3)23-25-12-19-21(24)27-29(22(19)26-23)13-16-7-5-4-6-8-16/h4-12H,13-14H2,1-3H3. The summed E-state index contributed by atoms with van der Waals surface area (Å²) >= 11 is 3.49. The van der Waals surface area contributed by atoms with Crippen LogP contribution in [0.2, 0.25) is 0 Å². The first-order valence-electron chi connectivity index (χ1n) is 9.92. The third kappa shape index (κ3) is 4.43. The van der Waals surface area contributed by atoms with E-state index in [2.05, 4.69) is 26.0 Å². The number of hydrogen-bond donors (Lipinski definition) is 0. The summed E-state index contributed by atoms with van der Waals surface area (Å²) in [5.41, 5.74) is 2.54. The predicted molar refractivity (Wildman–Crippen MR) is 125 cm³/mol. The quantitative estimate of drug-likeness (QED) is 0.382. The number of nitrogens with zero attached hydrogens (tertiary/aromatic N) is 5. The maximum absolute atomic E-state index is 12.5. The minimum atomic E-state index is -0.185. The Morgan fingerprint density at radius 2 is 1.91 bits per heavy atom. The van der Waals surface area contributed by atoms with E-state index in [4.69, 9.17) is 14.5 Å². The molecule has 4 aromatic rings. The lowest BCUT2D eigenvalue weighted by molar-refractivity contribution is -0.116. The van der Waals surface area contributed by atoms with E-state index in [0.717, 1.165) is 16.5 Å². The number of fused-ring (bicyclic) bond motifs is 1. The van der Waals surface area contributed by atoms with Gasteiger partial charge in [0.1, 0.15) is 16.1 Å².